The molecule has 3 heterocycles. The molecule has 2 aromatic heterocycles. The number of halogens is 1. The van der Waals surface area contributed by atoms with Crippen molar-refractivity contribution in [2.75, 3.05) is 32.2 Å². The van der Waals surface area contributed by atoms with Crippen LogP contribution in [0.5, 0.6) is 5.75 Å². The Morgan fingerprint density at radius 3 is 2.94 bits per heavy atom. The second kappa shape index (κ2) is 9.91. The highest BCUT2D eigenvalue weighted by atomic mass is 19.1. The van der Waals surface area contributed by atoms with Gasteiger partial charge in [0.05, 0.1) is 6.10 Å². The molecule has 1 aromatic carbocycles. The summed E-state index contributed by atoms with van der Waals surface area (Å²) < 4.78 is 26.1. The van der Waals surface area contributed by atoms with Gasteiger partial charge in [-0.2, -0.15) is 5.10 Å². The molecule has 1 saturated carbocycles. The molecular formula is C25H30FN7O2. The number of hydrogen-bond acceptors (Lipinski definition) is 6. The summed E-state index contributed by atoms with van der Waals surface area (Å²) in [4.78, 5) is 14.0. The van der Waals surface area contributed by atoms with Crippen LogP contribution in [0.4, 0.5) is 10.2 Å². The van der Waals surface area contributed by atoms with Gasteiger partial charge in [-0.15, -0.1) is 0 Å². The first-order valence-corrected chi connectivity index (χ1v) is 11.8. The Kier molecular flexibility index (Phi) is 6.54. The van der Waals surface area contributed by atoms with Gasteiger partial charge in [-0.05, 0) is 51.1 Å². The van der Waals surface area contributed by atoms with Crippen LogP contribution in [0.15, 0.2) is 46.1 Å². The molecule has 0 bridgehead atoms. The molecule has 1 aliphatic heterocycles. The Balaban J connectivity index is 1.34. The van der Waals surface area contributed by atoms with E-state index in [9.17, 15) is 4.39 Å². The summed E-state index contributed by atoms with van der Waals surface area (Å²) in [5, 5.41) is 11.1. The highest BCUT2D eigenvalue weighted by Crippen LogP contribution is 2.39. The topological polar surface area (TPSA) is 103 Å². The van der Waals surface area contributed by atoms with Gasteiger partial charge in [0.2, 0.25) is 0 Å². The van der Waals surface area contributed by atoms with E-state index in [1.807, 2.05) is 13.0 Å². The zero-order chi connectivity index (χ0) is 24.4. The van der Waals surface area contributed by atoms with Crippen molar-refractivity contribution >= 4 is 29.3 Å². The monoisotopic (exact) mass is 479 g/mol. The van der Waals surface area contributed by atoms with Gasteiger partial charge >= 0.3 is 0 Å². The fourth-order valence-corrected chi connectivity index (χ4v) is 4.31. The van der Waals surface area contributed by atoms with Gasteiger partial charge in [-0.3, -0.25) is 5.10 Å². The minimum Gasteiger partial charge on any atom is -0.468 e. The number of rotatable bonds is 9. The van der Waals surface area contributed by atoms with Crippen molar-refractivity contribution < 1.29 is 13.9 Å². The Morgan fingerprint density at radius 1 is 1.34 bits per heavy atom. The van der Waals surface area contributed by atoms with Crippen LogP contribution in [-0.2, 0) is 4.74 Å². The Hall–Kier alpha value is -3.66. The van der Waals surface area contributed by atoms with Crippen molar-refractivity contribution in [2.24, 2.45) is 9.98 Å². The van der Waals surface area contributed by atoms with E-state index in [-0.39, 0.29) is 18.6 Å². The lowest BCUT2D eigenvalue weighted by molar-refractivity contribution is 0.114. The number of likely N-dealkylation sites (tertiary alicyclic amines) is 1. The first kappa shape index (κ1) is 23.1. The lowest BCUT2D eigenvalue weighted by Gasteiger charge is -2.19. The number of ether oxygens (including phenoxy) is 2. The number of aromatic nitrogens is 3. The Morgan fingerprint density at radius 2 is 2.20 bits per heavy atom. The number of fused-ring (bicyclic) bond motifs is 1. The molecule has 1 aliphatic carbocycles. The second-order valence-corrected chi connectivity index (χ2v) is 8.97. The summed E-state index contributed by atoms with van der Waals surface area (Å²) in [6.07, 6.45) is 5.18. The van der Waals surface area contributed by atoms with Crippen molar-refractivity contribution in [3.05, 3.63) is 53.4 Å². The molecule has 0 amide bonds. The number of hydrogen-bond donors (Lipinski definition) is 3. The van der Waals surface area contributed by atoms with Crippen LogP contribution in [0.3, 0.4) is 0 Å². The molecule has 1 unspecified atom stereocenters. The van der Waals surface area contributed by atoms with Gasteiger partial charge in [-0.25, -0.2) is 14.4 Å². The van der Waals surface area contributed by atoms with Gasteiger partial charge < -0.3 is 24.7 Å². The second-order valence-electron chi connectivity index (χ2n) is 8.97. The number of aromatic amines is 2. The minimum absolute atomic E-state index is 0.0511. The van der Waals surface area contributed by atoms with E-state index in [1.54, 1.807) is 31.4 Å². The number of anilines is 1. The van der Waals surface area contributed by atoms with Crippen molar-refractivity contribution in [3.63, 3.8) is 0 Å². The molecule has 1 atom stereocenters. The predicted molar refractivity (Wildman–Crippen MR) is 135 cm³/mol. The number of aliphatic imine (C=N–C) groups is 2. The third-order valence-corrected chi connectivity index (χ3v) is 6.39. The maximum absolute atomic E-state index is 14.9. The predicted octanol–water partition coefficient (Wildman–Crippen LogP) is 4.33. The van der Waals surface area contributed by atoms with Gasteiger partial charge in [0.25, 0.3) is 0 Å². The molecule has 9 nitrogen and oxygen atoms in total. The van der Waals surface area contributed by atoms with Crippen LogP contribution in [0.25, 0.3) is 10.9 Å². The summed E-state index contributed by atoms with van der Waals surface area (Å²) >= 11 is 0. The van der Waals surface area contributed by atoms with E-state index in [2.05, 4.69) is 42.1 Å². The number of aryl methyl sites for hydroxylation is 1. The van der Waals surface area contributed by atoms with Crippen molar-refractivity contribution in [1.29, 1.82) is 0 Å². The van der Waals surface area contributed by atoms with Crippen LogP contribution in [0, 0.1) is 12.7 Å². The smallest absolute Gasteiger partial charge is 0.181 e. The van der Waals surface area contributed by atoms with Crippen LogP contribution >= 0.6 is 0 Å². The Bertz CT molecular complexity index is 1270. The molecule has 184 valence electrons. The lowest BCUT2D eigenvalue weighted by atomic mass is 10.2. The summed E-state index contributed by atoms with van der Waals surface area (Å²) in [5.41, 5.74) is 2.75. The van der Waals surface area contributed by atoms with E-state index in [0.29, 0.717) is 35.3 Å². The average Bonchev–Trinajstić information content (AvgIpc) is 3.24. The van der Waals surface area contributed by atoms with Crippen molar-refractivity contribution in [2.45, 2.75) is 38.2 Å². The van der Waals surface area contributed by atoms with Crippen LogP contribution in [-0.4, -0.2) is 65.7 Å². The largest absolute Gasteiger partial charge is 0.468 e. The molecule has 2 fully saturated rings. The SMILES string of the molecule is C=N/C(=C\C(=N/COc1ccc2[nH]c(C)cc2c1F)N1CCC(OC)C1)Nc1cc(C2CC2)[nH]n1. The van der Waals surface area contributed by atoms with Gasteiger partial charge in [0.15, 0.2) is 24.1 Å². The normalized spacial score (nSPS) is 18.9. The maximum Gasteiger partial charge on any atom is 0.181 e. The number of nitrogens with one attached hydrogen (secondary N) is 3. The lowest BCUT2D eigenvalue weighted by Crippen LogP contribution is -2.30. The average molecular weight is 480 g/mol. The van der Waals surface area contributed by atoms with E-state index in [1.165, 1.54) is 12.8 Å². The molecule has 5 rings (SSSR count). The molecule has 2 aliphatic rings. The molecule has 1 saturated heterocycles. The standard InChI is InChI=1S/C25H30FN7O2/c1-15-10-18-19(29-15)6-7-21(25(18)26)35-14-28-24(33-9-8-17(13-33)34-3)12-22(27-2)30-23-11-20(31-32-23)16-4-5-16/h6-7,10-12,16-17,29H,2,4-5,8-9,13-14H2,1,3H3,(H2,30,31,32)/b22-12+,28-24+. The fourth-order valence-electron chi connectivity index (χ4n) is 4.31. The molecule has 0 spiro atoms. The zero-order valence-corrected chi connectivity index (χ0v) is 20.0. The van der Waals surface area contributed by atoms with E-state index in [4.69, 9.17) is 9.47 Å². The third-order valence-electron chi connectivity index (χ3n) is 6.39. The highest BCUT2D eigenvalue weighted by molar-refractivity contribution is 5.94. The number of amidine groups is 1. The molecule has 0 radical (unpaired) electrons. The van der Waals surface area contributed by atoms with Crippen molar-refractivity contribution in [3.8, 4) is 5.75 Å². The summed E-state index contributed by atoms with van der Waals surface area (Å²) in [5.74, 6) is 2.16. The number of methoxy groups -OCH3 is 1. The number of benzene rings is 1. The summed E-state index contributed by atoms with van der Waals surface area (Å²) in [6.45, 7) is 6.99. The zero-order valence-electron chi connectivity index (χ0n) is 20.0. The number of H-pyrrole nitrogens is 2. The number of nitrogens with zero attached hydrogens (tertiary/aromatic N) is 4. The van der Waals surface area contributed by atoms with Crippen molar-refractivity contribution in [1.82, 2.24) is 20.1 Å². The fraction of sp³-hybridized carbons (Fsp3) is 0.400. The summed E-state index contributed by atoms with van der Waals surface area (Å²) in [6, 6.07) is 7.18. The molecule has 3 aromatic rings. The van der Waals surface area contributed by atoms with Crippen LogP contribution < -0.4 is 10.1 Å². The van der Waals surface area contributed by atoms with E-state index in [0.717, 1.165) is 29.9 Å². The molecule has 10 heteroatoms. The van der Waals surface area contributed by atoms with Gasteiger partial charge in [-0.1, -0.05) is 0 Å². The van der Waals surface area contributed by atoms with Crippen LogP contribution in [0.1, 0.15) is 36.6 Å². The maximum atomic E-state index is 14.9. The first-order chi connectivity index (χ1) is 17.0. The third kappa shape index (κ3) is 5.22. The van der Waals surface area contributed by atoms with E-state index >= 15 is 0 Å². The quantitative estimate of drug-likeness (QED) is 0.313. The highest BCUT2D eigenvalue weighted by Gasteiger charge is 2.26. The Labute approximate surface area is 203 Å². The first-order valence-electron chi connectivity index (χ1n) is 11.8. The molecular weight excluding hydrogens is 449 g/mol. The molecule has 3 N–H and O–H groups in total. The minimum atomic E-state index is -0.403. The van der Waals surface area contributed by atoms with Crippen LogP contribution in [0.2, 0.25) is 0 Å². The van der Waals surface area contributed by atoms with Gasteiger partial charge in [0, 0.05) is 60.6 Å². The molecule has 35 heavy (non-hydrogen) atoms. The van der Waals surface area contributed by atoms with Gasteiger partial charge in [0.1, 0.15) is 11.7 Å². The van der Waals surface area contributed by atoms with E-state index < -0.39 is 5.82 Å². The summed E-state index contributed by atoms with van der Waals surface area (Å²) in [7, 11) is 1.71.